The van der Waals surface area contributed by atoms with Gasteiger partial charge in [0.05, 0.1) is 17.4 Å². The van der Waals surface area contributed by atoms with Gasteiger partial charge in [-0.15, -0.1) is 0 Å². The van der Waals surface area contributed by atoms with Gasteiger partial charge in [0.2, 0.25) is 11.8 Å². The molecule has 1 fully saturated rings. The van der Waals surface area contributed by atoms with Gasteiger partial charge in [-0.3, -0.25) is 25.0 Å². The fourth-order valence-electron chi connectivity index (χ4n) is 1.70. The molecule has 1 aromatic carbocycles. The zero-order valence-corrected chi connectivity index (χ0v) is 9.38. The minimum atomic E-state index is -0.521. The summed E-state index contributed by atoms with van der Waals surface area (Å²) in [5.74, 6) is -0.622. The van der Waals surface area contributed by atoms with Crippen LogP contribution in [0.25, 0.3) is 0 Å². The lowest BCUT2D eigenvalue weighted by molar-refractivity contribution is -0.384. The third kappa shape index (κ3) is 2.69. The molecule has 0 saturated carbocycles. The number of amides is 2. The first kappa shape index (κ1) is 12.2. The molecule has 94 valence electrons. The minimum Gasteiger partial charge on any atom is -0.301 e. The van der Waals surface area contributed by atoms with E-state index in [1.54, 1.807) is 12.1 Å². The van der Waals surface area contributed by atoms with Gasteiger partial charge in [-0.1, -0.05) is 12.1 Å². The minimum absolute atomic E-state index is 0.0209. The van der Waals surface area contributed by atoms with Gasteiger partial charge in [-0.2, -0.15) is 0 Å². The SMILES string of the molecule is O=C1CC(NCc2ccc([N+](=O)[O-])cc2)C(=O)N1. The van der Waals surface area contributed by atoms with Crippen LogP contribution in [0, 0.1) is 10.1 Å². The molecule has 1 atom stereocenters. The van der Waals surface area contributed by atoms with Gasteiger partial charge < -0.3 is 5.32 Å². The number of non-ortho nitro benzene ring substituents is 1. The van der Waals surface area contributed by atoms with Crippen molar-refractivity contribution in [1.29, 1.82) is 0 Å². The number of benzene rings is 1. The van der Waals surface area contributed by atoms with E-state index >= 15 is 0 Å². The highest BCUT2D eigenvalue weighted by atomic mass is 16.6. The molecule has 1 saturated heterocycles. The molecule has 1 aliphatic heterocycles. The fraction of sp³-hybridized carbons (Fsp3) is 0.273. The molecule has 0 spiro atoms. The third-order valence-corrected chi connectivity index (χ3v) is 2.67. The van der Waals surface area contributed by atoms with Crippen molar-refractivity contribution in [3.05, 3.63) is 39.9 Å². The molecule has 1 unspecified atom stereocenters. The summed E-state index contributed by atoms with van der Waals surface area (Å²) in [4.78, 5) is 32.2. The Labute approximate surface area is 102 Å². The van der Waals surface area contributed by atoms with E-state index in [1.807, 2.05) is 0 Å². The first-order valence-electron chi connectivity index (χ1n) is 5.36. The molecule has 7 nitrogen and oxygen atoms in total. The number of imide groups is 1. The van der Waals surface area contributed by atoms with Crippen LogP contribution in [-0.2, 0) is 16.1 Å². The monoisotopic (exact) mass is 249 g/mol. The number of nitro benzene ring substituents is 1. The van der Waals surface area contributed by atoms with Crippen LogP contribution in [0.2, 0.25) is 0 Å². The standard InChI is InChI=1S/C11H11N3O4/c15-10-5-9(11(16)13-10)12-6-7-1-3-8(4-2-7)14(17)18/h1-4,9,12H,5-6H2,(H,13,15,16). The Morgan fingerprint density at radius 3 is 2.50 bits per heavy atom. The Kier molecular flexibility index (Phi) is 3.33. The summed E-state index contributed by atoms with van der Waals surface area (Å²) in [6.07, 6.45) is 0.131. The van der Waals surface area contributed by atoms with E-state index in [2.05, 4.69) is 10.6 Å². The number of hydrogen-bond acceptors (Lipinski definition) is 5. The number of hydrogen-bond donors (Lipinski definition) is 2. The van der Waals surface area contributed by atoms with Crippen molar-refractivity contribution in [2.75, 3.05) is 0 Å². The van der Waals surface area contributed by atoms with Crippen LogP contribution in [0.3, 0.4) is 0 Å². The molecule has 2 amide bonds. The molecule has 0 aliphatic carbocycles. The molecule has 1 heterocycles. The van der Waals surface area contributed by atoms with Gasteiger partial charge in [0.25, 0.3) is 5.69 Å². The van der Waals surface area contributed by atoms with Gasteiger partial charge in [-0.25, -0.2) is 0 Å². The Morgan fingerprint density at radius 1 is 1.33 bits per heavy atom. The summed E-state index contributed by atoms with van der Waals surface area (Å²) >= 11 is 0. The summed E-state index contributed by atoms with van der Waals surface area (Å²) in [5.41, 5.74) is 0.834. The zero-order valence-electron chi connectivity index (χ0n) is 9.38. The zero-order chi connectivity index (χ0) is 13.1. The van der Waals surface area contributed by atoms with Crippen LogP contribution in [0.1, 0.15) is 12.0 Å². The second kappa shape index (κ2) is 4.92. The predicted molar refractivity (Wildman–Crippen MR) is 61.5 cm³/mol. The first-order valence-corrected chi connectivity index (χ1v) is 5.36. The van der Waals surface area contributed by atoms with Gasteiger partial charge in [0, 0.05) is 18.7 Å². The van der Waals surface area contributed by atoms with Gasteiger partial charge in [0.1, 0.15) is 0 Å². The predicted octanol–water partition coefficient (Wildman–Crippen LogP) is 0.0995. The molecule has 0 radical (unpaired) electrons. The molecule has 0 bridgehead atoms. The van der Waals surface area contributed by atoms with Crippen molar-refractivity contribution in [2.45, 2.75) is 19.0 Å². The van der Waals surface area contributed by atoms with Gasteiger partial charge in [-0.05, 0) is 5.56 Å². The van der Waals surface area contributed by atoms with E-state index < -0.39 is 11.0 Å². The van der Waals surface area contributed by atoms with Crippen LogP contribution in [-0.4, -0.2) is 22.8 Å². The summed E-state index contributed by atoms with van der Waals surface area (Å²) < 4.78 is 0. The van der Waals surface area contributed by atoms with Crippen molar-refractivity contribution in [2.24, 2.45) is 0 Å². The second-order valence-corrected chi connectivity index (χ2v) is 3.97. The van der Waals surface area contributed by atoms with Crippen LogP contribution in [0.4, 0.5) is 5.69 Å². The Bertz CT molecular complexity index is 498. The first-order chi connectivity index (χ1) is 8.56. The number of carbonyl (C=O) groups excluding carboxylic acids is 2. The summed E-state index contributed by atoms with van der Waals surface area (Å²) in [7, 11) is 0. The Balaban J connectivity index is 1.92. The maximum absolute atomic E-state index is 11.3. The number of nitrogens with one attached hydrogen (secondary N) is 2. The molecule has 1 aliphatic rings. The normalized spacial score (nSPS) is 18.8. The molecule has 2 rings (SSSR count). The molecule has 7 heteroatoms. The van der Waals surface area contributed by atoms with Crippen LogP contribution in [0.5, 0.6) is 0 Å². The van der Waals surface area contributed by atoms with Crippen LogP contribution in [0.15, 0.2) is 24.3 Å². The number of nitro groups is 1. The van der Waals surface area contributed by atoms with E-state index in [4.69, 9.17) is 0 Å². The second-order valence-electron chi connectivity index (χ2n) is 3.97. The summed E-state index contributed by atoms with van der Waals surface area (Å²) in [6.45, 7) is 0.378. The fourth-order valence-corrected chi connectivity index (χ4v) is 1.70. The number of rotatable bonds is 4. The molecular formula is C11H11N3O4. The highest BCUT2D eigenvalue weighted by Gasteiger charge is 2.29. The maximum atomic E-state index is 11.3. The van der Waals surface area contributed by atoms with E-state index in [-0.39, 0.29) is 23.9 Å². The summed E-state index contributed by atoms with van der Waals surface area (Å²) in [5, 5.41) is 15.6. The van der Waals surface area contributed by atoms with Gasteiger partial charge in [0.15, 0.2) is 0 Å². The number of nitrogens with zero attached hydrogens (tertiary/aromatic N) is 1. The molecular weight excluding hydrogens is 238 g/mol. The highest BCUT2D eigenvalue weighted by molar-refractivity contribution is 6.05. The van der Waals surface area contributed by atoms with Crippen LogP contribution >= 0.6 is 0 Å². The van der Waals surface area contributed by atoms with Crippen molar-refractivity contribution < 1.29 is 14.5 Å². The van der Waals surface area contributed by atoms with E-state index in [0.717, 1.165) is 5.56 Å². The average molecular weight is 249 g/mol. The quantitative estimate of drug-likeness (QED) is 0.447. The van der Waals surface area contributed by atoms with Crippen molar-refractivity contribution in [3.8, 4) is 0 Å². The Morgan fingerprint density at radius 2 is 2.00 bits per heavy atom. The lowest BCUT2D eigenvalue weighted by Gasteiger charge is -2.08. The largest absolute Gasteiger partial charge is 0.301 e. The lowest BCUT2D eigenvalue weighted by atomic mass is 10.2. The average Bonchev–Trinajstić information content (AvgIpc) is 2.66. The summed E-state index contributed by atoms with van der Waals surface area (Å²) in [6, 6.07) is 5.50. The highest BCUT2D eigenvalue weighted by Crippen LogP contribution is 2.12. The van der Waals surface area contributed by atoms with E-state index in [1.165, 1.54) is 12.1 Å². The van der Waals surface area contributed by atoms with Crippen molar-refractivity contribution in [3.63, 3.8) is 0 Å². The van der Waals surface area contributed by atoms with Crippen LogP contribution < -0.4 is 10.6 Å². The van der Waals surface area contributed by atoms with E-state index in [9.17, 15) is 19.7 Å². The molecule has 18 heavy (non-hydrogen) atoms. The molecule has 2 N–H and O–H groups in total. The smallest absolute Gasteiger partial charge is 0.269 e. The molecule has 0 aromatic heterocycles. The maximum Gasteiger partial charge on any atom is 0.269 e. The van der Waals surface area contributed by atoms with Gasteiger partial charge >= 0.3 is 0 Å². The Hall–Kier alpha value is -2.28. The van der Waals surface area contributed by atoms with Crippen molar-refractivity contribution >= 4 is 17.5 Å². The molecule has 1 aromatic rings. The number of carbonyl (C=O) groups is 2. The topological polar surface area (TPSA) is 101 Å². The van der Waals surface area contributed by atoms with E-state index in [0.29, 0.717) is 6.54 Å². The van der Waals surface area contributed by atoms with Crippen molar-refractivity contribution in [1.82, 2.24) is 10.6 Å². The third-order valence-electron chi connectivity index (χ3n) is 2.67. The lowest BCUT2D eigenvalue weighted by Crippen LogP contribution is -2.35.